The SMILES string of the molecule is CCC=CCCCCCCCCCC[O]. The Kier molecular flexibility index (Phi) is 13.4. The highest BCUT2D eigenvalue weighted by Crippen LogP contribution is 2.09. The van der Waals surface area contributed by atoms with Gasteiger partial charge >= 0.3 is 0 Å². The Morgan fingerprint density at radius 3 is 1.80 bits per heavy atom. The predicted molar refractivity (Wildman–Crippen MR) is 66.5 cm³/mol. The van der Waals surface area contributed by atoms with Crippen molar-refractivity contribution in [2.75, 3.05) is 6.61 Å². The predicted octanol–water partition coefficient (Wildman–Crippen LogP) is 4.89. The molecule has 1 nitrogen and oxygen atoms in total. The van der Waals surface area contributed by atoms with Gasteiger partial charge in [0.1, 0.15) is 0 Å². The summed E-state index contributed by atoms with van der Waals surface area (Å²) in [6.07, 6.45) is 17.0. The number of allylic oxidation sites excluding steroid dienone is 2. The van der Waals surface area contributed by atoms with E-state index in [0.29, 0.717) is 0 Å². The summed E-state index contributed by atoms with van der Waals surface area (Å²) in [6, 6.07) is 0. The van der Waals surface area contributed by atoms with Gasteiger partial charge in [0.05, 0.1) is 6.61 Å². The van der Waals surface area contributed by atoms with Crippen molar-refractivity contribution < 1.29 is 5.11 Å². The molecule has 0 heterocycles. The third-order valence-corrected chi connectivity index (χ3v) is 2.67. The molecule has 0 amide bonds. The smallest absolute Gasteiger partial charge is 0.0822 e. The van der Waals surface area contributed by atoms with Gasteiger partial charge in [0, 0.05) is 0 Å². The standard InChI is InChI=1S/C14H27O/c1-2-3-4-5-6-7-8-9-10-11-12-13-14-15/h3-4H,2,5-14H2,1H3. The van der Waals surface area contributed by atoms with Crippen molar-refractivity contribution >= 4 is 0 Å². The lowest BCUT2D eigenvalue weighted by atomic mass is 10.1. The first kappa shape index (κ1) is 14.7. The molecule has 0 unspecified atom stereocenters. The van der Waals surface area contributed by atoms with Crippen LogP contribution in [-0.2, 0) is 5.11 Å². The van der Waals surface area contributed by atoms with Gasteiger partial charge < -0.3 is 0 Å². The summed E-state index contributed by atoms with van der Waals surface area (Å²) in [5.74, 6) is 0. The van der Waals surface area contributed by atoms with Crippen LogP contribution in [-0.4, -0.2) is 6.61 Å². The Bertz CT molecular complexity index is 129. The van der Waals surface area contributed by atoms with E-state index in [1.54, 1.807) is 0 Å². The maximum absolute atomic E-state index is 10.2. The molecular formula is C14H27O. The lowest BCUT2D eigenvalue weighted by Gasteiger charge is -2.00. The molecule has 0 saturated heterocycles. The van der Waals surface area contributed by atoms with Crippen LogP contribution in [0.25, 0.3) is 0 Å². The Balaban J connectivity index is 2.89. The highest BCUT2D eigenvalue weighted by atomic mass is 16.2. The molecule has 0 bridgehead atoms. The number of hydrogen-bond donors (Lipinski definition) is 0. The van der Waals surface area contributed by atoms with E-state index in [-0.39, 0.29) is 6.61 Å². The number of hydrogen-bond acceptors (Lipinski definition) is 0. The molecule has 0 aromatic rings. The van der Waals surface area contributed by atoms with Gasteiger partial charge in [0.25, 0.3) is 0 Å². The molecule has 0 aliphatic carbocycles. The molecule has 0 spiro atoms. The van der Waals surface area contributed by atoms with Crippen LogP contribution in [0.3, 0.4) is 0 Å². The minimum atomic E-state index is 0.115. The van der Waals surface area contributed by atoms with Crippen molar-refractivity contribution in [1.82, 2.24) is 0 Å². The average Bonchev–Trinajstić information content (AvgIpc) is 2.26. The van der Waals surface area contributed by atoms with Crippen molar-refractivity contribution in [3.05, 3.63) is 12.2 Å². The minimum Gasteiger partial charge on any atom is -0.237 e. The van der Waals surface area contributed by atoms with Gasteiger partial charge in [-0.25, -0.2) is 5.11 Å². The second kappa shape index (κ2) is 13.7. The van der Waals surface area contributed by atoms with Crippen LogP contribution in [0.5, 0.6) is 0 Å². The molecule has 15 heavy (non-hydrogen) atoms. The van der Waals surface area contributed by atoms with E-state index in [9.17, 15) is 5.11 Å². The first-order valence-electron chi connectivity index (χ1n) is 6.65. The molecular weight excluding hydrogens is 184 g/mol. The Morgan fingerprint density at radius 1 is 0.733 bits per heavy atom. The van der Waals surface area contributed by atoms with Crippen molar-refractivity contribution in [2.45, 2.75) is 71.1 Å². The van der Waals surface area contributed by atoms with Crippen LogP contribution in [0.4, 0.5) is 0 Å². The summed E-state index contributed by atoms with van der Waals surface area (Å²) in [5, 5.41) is 10.2. The minimum absolute atomic E-state index is 0.115. The zero-order valence-electron chi connectivity index (χ0n) is 10.3. The highest BCUT2D eigenvalue weighted by Gasteiger charge is 1.91. The third-order valence-electron chi connectivity index (χ3n) is 2.67. The summed E-state index contributed by atoms with van der Waals surface area (Å²) >= 11 is 0. The monoisotopic (exact) mass is 211 g/mol. The maximum atomic E-state index is 10.2. The Labute approximate surface area is 95.6 Å². The molecule has 0 N–H and O–H groups in total. The van der Waals surface area contributed by atoms with E-state index >= 15 is 0 Å². The quantitative estimate of drug-likeness (QED) is 0.342. The van der Waals surface area contributed by atoms with Gasteiger partial charge in [0.2, 0.25) is 0 Å². The lowest BCUT2D eigenvalue weighted by Crippen LogP contribution is -1.83. The lowest BCUT2D eigenvalue weighted by molar-refractivity contribution is 0.186. The van der Waals surface area contributed by atoms with Crippen molar-refractivity contribution in [2.24, 2.45) is 0 Å². The molecule has 1 radical (unpaired) electrons. The van der Waals surface area contributed by atoms with E-state index in [4.69, 9.17) is 0 Å². The summed E-state index contributed by atoms with van der Waals surface area (Å²) < 4.78 is 0. The van der Waals surface area contributed by atoms with Gasteiger partial charge in [-0.2, -0.15) is 0 Å². The van der Waals surface area contributed by atoms with Crippen molar-refractivity contribution in [1.29, 1.82) is 0 Å². The molecule has 0 aliphatic heterocycles. The van der Waals surface area contributed by atoms with Crippen molar-refractivity contribution in [3.63, 3.8) is 0 Å². The van der Waals surface area contributed by atoms with Crippen LogP contribution < -0.4 is 0 Å². The molecule has 0 aromatic heterocycles. The molecule has 0 rings (SSSR count). The van der Waals surface area contributed by atoms with E-state index in [1.807, 2.05) is 0 Å². The maximum Gasteiger partial charge on any atom is 0.0822 e. The first-order valence-corrected chi connectivity index (χ1v) is 6.65. The average molecular weight is 211 g/mol. The topological polar surface area (TPSA) is 19.9 Å². The molecule has 0 fully saturated rings. The summed E-state index contributed by atoms with van der Waals surface area (Å²) in [6.45, 7) is 2.29. The molecule has 0 saturated carbocycles. The van der Waals surface area contributed by atoms with E-state index < -0.39 is 0 Å². The second-order valence-electron chi connectivity index (χ2n) is 4.20. The van der Waals surface area contributed by atoms with Gasteiger partial charge in [-0.3, -0.25) is 0 Å². The fourth-order valence-electron chi connectivity index (χ4n) is 1.71. The molecule has 89 valence electrons. The summed E-state index contributed by atoms with van der Waals surface area (Å²) in [5.41, 5.74) is 0. The summed E-state index contributed by atoms with van der Waals surface area (Å²) in [7, 11) is 0. The van der Waals surface area contributed by atoms with E-state index in [2.05, 4.69) is 19.1 Å². The zero-order chi connectivity index (χ0) is 11.2. The largest absolute Gasteiger partial charge is 0.237 e. The molecule has 0 atom stereocenters. The van der Waals surface area contributed by atoms with Gasteiger partial charge in [-0.1, -0.05) is 57.6 Å². The normalized spacial score (nSPS) is 11.3. The van der Waals surface area contributed by atoms with E-state index in [1.165, 1.54) is 51.4 Å². The van der Waals surface area contributed by atoms with Crippen LogP contribution >= 0.6 is 0 Å². The van der Waals surface area contributed by atoms with Crippen LogP contribution in [0, 0.1) is 0 Å². The second-order valence-corrected chi connectivity index (χ2v) is 4.20. The highest BCUT2D eigenvalue weighted by molar-refractivity contribution is 4.79. The molecule has 1 heteroatoms. The molecule has 0 aliphatic rings. The molecule has 0 aromatic carbocycles. The Morgan fingerprint density at radius 2 is 1.27 bits per heavy atom. The van der Waals surface area contributed by atoms with Crippen LogP contribution in [0.15, 0.2) is 12.2 Å². The van der Waals surface area contributed by atoms with Gasteiger partial charge in [-0.15, -0.1) is 0 Å². The fraction of sp³-hybridized carbons (Fsp3) is 0.857. The number of rotatable bonds is 11. The van der Waals surface area contributed by atoms with E-state index in [0.717, 1.165) is 12.8 Å². The number of unbranched alkanes of at least 4 members (excludes halogenated alkanes) is 8. The fourth-order valence-corrected chi connectivity index (χ4v) is 1.71. The van der Waals surface area contributed by atoms with Gasteiger partial charge in [-0.05, 0) is 25.7 Å². The first-order chi connectivity index (χ1) is 7.41. The van der Waals surface area contributed by atoms with Crippen LogP contribution in [0.2, 0.25) is 0 Å². The van der Waals surface area contributed by atoms with Crippen molar-refractivity contribution in [3.8, 4) is 0 Å². The third kappa shape index (κ3) is 13.7. The zero-order valence-corrected chi connectivity index (χ0v) is 10.3. The summed E-state index contributed by atoms with van der Waals surface area (Å²) in [4.78, 5) is 0. The van der Waals surface area contributed by atoms with Gasteiger partial charge in [0.15, 0.2) is 0 Å². The Hall–Kier alpha value is -0.300. The van der Waals surface area contributed by atoms with Crippen LogP contribution in [0.1, 0.15) is 71.1 Å².